The Labute approximate surface area is 205 Å². The third kappa shape index (κ3) is 6.44. The van der Waals surface area contributed by atoms with E-state index in [1.165, 1.54) is 26.4 Å². The monoisotopic (exact) mass is 490 g/mol. The molecule has 0 aliphatic heterocycles. The Morgan fingerprint density at radius 2 is 1.67 bits per heavy atom. The molecular formula is C25H22N4O7. The number of aromatic hydroxyl groups is 1. The fraction of sp³-hybridized carbons (Fsp3) is 0.0800. The van der Waals surface area contributed by atoms with Crippen LogP contribution in [0.4, 0.5) is 5.69 Å². The Morgan fingerprint density at radius 1 is 0.972 bits per heavy atom. The largest absolute Gasteiger partial charge is 0.502 e. The molecule has 0 fully saturated rings. The number of nitrogens with zero attached hydrogens (tertiary/aromatic N) is 2. The quantitative estimate of drug-likeness (QED) is 0.180. The van der Waals surface area contributed by atoms with Crippen molar-refractivity contribution < 1.29 is 29.1 Å². The van der Waals surface area contributed by atoms with Crippen molar-refractivity contribution in [1.82, 2.24) is 10.7 Å². The molecule has 0 unspecified atom stereocenters. The summed E-state index contributed by atoms with van der Waals surface area (Å²) < 4.78 is 10.5. The Bertz CT molecular complexity index is 1340. The minimum atomic E-state index is -0.751. The van der Waals surface area contributed by atoms with Crippen molar-refractivity contribution >= 4 is 29.8 Å². The maximum atomic E-state index is 12.9. The molecule has 36 heavy (non-hydrogen) atoms. The predicted octanol–water partition coefficient (Wildman–Crippen LogP) is 3.24. The van der Waals surface area contributed by atoms with Gasteiger partial charge >= 0.3 is 5.69 Å². The van der Waals surface area contributed by atoms with Gasteiger partial charge in [0.25, 0.3) is 11.8 Å². The highest BCUT2D eigenvalue weighted by atomic mass is 16.6. The number of rotatable bonds is 9. The van der Waals surface area contributed by atoms with Gasteiger partial charge in [-0.1, -0.05) is 24.3 Å². The van der Waals surface area contributed by atoms with Crippen molar-refractivity contribution in [3.63, 3.8) is 0 Å². The first-order valence-electron chi connectivity index (χ1n) is 10.4. The molecule has 0 bridgehead atoms. The van der Waals surface area contributed by atoms with E-state index in [1.807, 2.05) is 0 Å². The van der Waals surface area contributed by atoms with E-state index in [2.05, 4.69) is 15.8 Å². The van der Waals surface area contributed by atoms with Gasteiger partial charge in [0.2, 0.25) is 0 Å². The van der Waals surface area contributed by atoms with E-state index >= 15 is 0 Å². The smallest absolute Gasteiger partial charge is 0.311 e. The molecule has 0 saturated carbocycles. The molecule has 0 aromatic heterocycles. The average Bonchev–Trinajstić information content (AvgIpc) is 2.89. The summed E-state index contributed by atoms with van der Waals surface area (Å²) in [5.41, 5.74) is 2.79. The molecule has 0 spiro atoms. The van der Waals surface area contributed by atoms with Crippen molar-refractivity contribution in [2.45, 2.75) is 0 Å². The summed E-state index contributed by atoms with van der Waals surface area (Å²) in [5, 5.41) is 26.9. The maximum absolute atomic E-state index is 12.9. The molecule has 0 aliphatic carbocycles. The molecule has 0 aliphatic rings. The number of ether oxygens (including phenoxy) is 2. The summed E-state index contributed by atoms with van der Waals surface area (Å²) >= 11 is 0. The summed E-state index contributed by atoms with van der Waals surface area (Å²) in [7, 11) is 2.96. The third-order valence-electron chi connectivity index (χ3n) is 4.82. The molecule has 2 amide bonds. The maximum Gasteiger partial charge on any atom is 0.311 e. The van der Waals surface area contributed by atoms with Crippen LogP contribution in [0.25, 0.3) is 6.08 Å². The fourth-order valence-corrected chi connectivity index (χ4v) is 3.04. The number of hydrogen-bond donors (Lipinski definition) is 3. The van der Waals surface area contributed by atoms with Crippen LogP contribution in [-0.4, -0.2) is 42.3 Å². The first-order chi connectivity index (χ1) is 17.3. The van der Waals surface area contributed by atoms with E-state index in [1.54, 1.807) is 48.5 Å². The number of methoxy groups -OCH3 is 2. The molecule has 11 nitrogen and oxygen atoms in total. The molecule has 0 radical (unpaired) electrons. The standard InChI is InChI=1S/C25H22N4O7/c1-35-22-11-9-16(14-23(22)36-2)12-19(27-24(31)18-6-4-3-5-7-18)25(32)28-26-15-17-8-10-21(30)20(13-17)29(33)34/h3-15,30H,1-2H3,(H,27,31)(H,28,32)/b19-12+,26-15+. The Kier molecular flexibility index (Phi) is 8.33. The molecule has 0 saturated heterocycles. The lowest BCUT2D eigenvalue weighted by Gasteiger charge is -2.11. The summed E-state index contributed by atoms with van der Waals surface area (Å²) in [6.07, 6.45) is 2.59. The van der Waals surface area contributed by atoms with Gasteiger partial charge in [0.15, 0.2) is 17.2 Å². The lowest BCUT2D eigenvalue weighted by molar-refractivity contribution is -0.385. The SMILES string of the molecule is COc1ccc(/C=C(/NC(=O)c2ccccc2)C(=O)N/N=C/c2ccc(O)c([N+](=O)[O-])c2)cc1OC. The second kappa shape index (κ2) is 11.8. The van der Waals surface area contributed by atoms with Gasteiger partial charge in [-0.25, -0.2) is 5.43 Å². The van der Waals surface area contributed by atoms with Crippen LogP contribution in [0.15, 0.2) is 77.5 Å². The number of carbonyl (C=O) groups is 2. The van der Waals surface area contributed by atoms with Gasteiger partial charge in [-0.15, -0.1) is 0 Å². The van der Waals surface area contributed by atoms with Gasteiger partial charge < -0.3 is 19.9 Å². The van der Waals surface area contributed by atoms with Crippen molar-refractivity contribution in [2.75, 3.05) is 14.2 Å². The molecule has 3 aromatic rings. The first kappa shape index (κ1) is 25.4. The molecule has 0 heterocycles. The highest BCUT2D eigenvalue weighted by Crippen LogP contribution is 2.28. The number of amides is 2. The van der Waals surface area contributed by atoms with Crippen LogP contribution in [0.5, 0.6) is 17.2 Å². The normalized spacial score (nSPS) is 11.1. The molecule has 184 valence electrons. The summed E-state index contributed by atoms with van der Waals surface area (Å²) in [5.74, 6) is -0.854. The van der Waals surface area contributed by atoms with Crippen LogP contribution >= 0.6 is 0 Å². The molecule has 3 rings (SSSR count). The van der Waals surface area contributed by atoms with E-state index in [0.29, 0.717) is 22.6 Å². The van der Waals surface area contributed by atoms with Gasteiger partial charge in [-0.05, 0) is 48.0 Å². The molecule has 11 heteroatoms. The van der Waals surface area contributed by atoms with Crippen LogP contribution in [0.3, 0.4) is 0 Å². The number of nitro benzene ring substituents is 1. The number of hydrogen-bond acceptors (Lipinski definition) is 8. The number of hydrazone groups is 1. The number of phenols is 1. The van der Waals surface area contributed by atoms with Gasteiger partial charge in [-0.3, -0.25) is 19.7 Å². The average molecular weight is 490 g/mol. The Morgan fingerprint density at radius 3 is 2.33 bits per heavy atom. The topological polar surface area (TPSA) is 152 Å². The zero-order chi connectivity index (χ0) is 26.1. The fourth-order valence-electron chi connectivity index (χ4n) is 3.04. The predicted molar refractivity (Wildman–Crippen MR) is 132 cm³/mol. The van der Waals surface area contributed by atoms with Gasteiger partial charge in [0.05, 0.1) is 25.4 Å². The lowest BCUT2D eigenvalue weighted by atomic mass is 10.1. The van der Waals surface area contributed by atoms with Crippen LogP contribution in [-0.2, 0) is 4.79 Å². The van der Waals surface area contributed by atoms with Crippen molar-refractivity contribution in [3.8, 4) is 17.2 Å². The van der Waals surface area contributed by atoms with Crippen molar-refractivity contribution in [3.05, 3.63) is 99.2 Å². The highest BCUT2D eigenvalue weighted by Gasteiger charge is 2.16. The second-order valence-corrected chi connectivity index (χ2v) is 7.20. The van der Waals surface area contributed by atoms with Crippen LogP contribution < -0.4 is 20.2 Å². The molecule has 3 aromatic carbocycles. The minimum Gasteiger partial charge on any atom is -0.502 e. The van der Waals surface area contributed by atoms with Crippen LogP contribution in [0, 0.1) is 10.1 Å². The van der Waals surface area contributed by atoms with Gasteiger partial charge in [-0.2, -0.15) is 5.10 Å². The Hall–Kier alpha value is -5.19. The highest BCUT2D eigenvalue weighted by molar-refractivity contribution is 6.05. The molecule has 3 N–H and O–H groups in total. The number of phenolic OH excluding ortho intramolecular Hbond substituents is 1. The van der Waals surface area contributed by atoms with Gasteiger partial charge in [0.1, 0.15) is 5.70 Å². The number of benzene rings is 3. The van der Waals surface area contributed by atoms with E-state index < -0.39 is 28.2 Å². The summed E-state index contributed by atoms with van der Waals surface area (Å²) in [6.45, 7) is 0. The third-order valence-corrected chi connectivity index (χ3v) is 4.82. The van der Waals surface area contributed by atoms with Crippen LogP contribution in [0.1, 0.15) is 21.5 Å². The zero-order valence-corrected chi connectivity index (χ0v) is 19.3. The molecular weight excluding hydrogens is 468 g/mol. The van der Waals surface area contributed by atoms with Crippen molar-refractivity contribution in [2.24, 2.45) is 5.10 Å². The van der Waals surface area contributed by atoms with E-state index in [-0.39, 0.29) is 11.3 Å². The number of nitro groups is 1. The van der Waals surface area contributed by atoms with Crippen molar-refractivity contribution in [1.29, 1.82) is 0 Å². The minimum absolute atomic E-state index is 0.120. The molecule has 0 atom stereocenters. The van der Waals surface area contributed by atoms with E-state index in [0.717, 1.165) is 18.3 Å². The Balaban J connectivity index is 1.87. The van der Waals surface area contributed by atoms with Crippen LogP contribution in [0.2, 0.25) is 0 Å². The van der Waals surface area contributed by atoms with E-state index in [4.69, 9.17) is 9.47 Å². The first-order valence-corrected chi connectivity index (χ1v) is 10.4. The second-order valence-electron chi connectivity index (χ2n) is 7.20. The number of carbonyl (C=O) groups excluding carboxylic acids is 2. The lowest BCUT2D eigenvalue weighted by Crippen LogP contribution is -2.32. The number of nitrogens with one attached hydrogen (secondary N) is 2. The summed E-state index contributed by atoms with van der Waals surface area (Å²) in [4.78, 5) is 35.8. The van der Waals surface area contributed by atoms with E-state index in [9.17, 15) is 24.8 Å². The van der Waals surface area contributed by atoms with Gasteiger partial charge in [0, 0.05) is 17.2 Å². The summed E-state index contributed by atoms with van der Waals surface area (Å²) in [6, 6.07) is 16.9. The zero-order valence-electron chi connectivity index (χ0n) is 19.3.